The molecule has 0 spiro atoms. The van der Waals surface area contributed by atoms with Crippen LogP contribution in [0.25, 0.3) is 0 Å². The van der Waals surface area contributed by atoms with E-state index < -0.39 is 6.10 Å². The molecule has 5 nitrogen and oxygen atoms in total. The summed E-state index contributed by atoms with van der Waals surface area (Å²) in [5.41, 5.74) is 0. The lowest BCUT2D eigenvalue weighted by Crippen LogP contribution is -2.40. The molecular formula is C44H89NO4. The maximum absolute atomic E-state index is 12.7. The van der Waals surface area contributed by atoms with Gasteiger partial charge in [-0.1, -0.05) is 219 Å². The van der Waals surface area contributed by atoms with E-state index in [0.29, 0.717) is 13.0 Å². The van der Waals surface area contributed by atoms with Gasteiger partial charge in [0.05, 0.1) is 19.3 Å². The van der Waals surface area contributed by atoms with E-state index >= 15 is 0 Å². The van der Waals surface area contributed by atoms with Crippen LogP contribution in [-0.4, -0.2) is 60.0 Å². The zero-order chi connectivity index (χ0) is 35.7. The summed E-state index contributed by atoms with van der Waals surface area (Å²) in [6.45, 7) is 5.95. The van der Waals surface area contributed by atoms with Crippen LogP contribution in [0.3, 0.4) is 0 Å². The van der Waals surface area contributed by atoms with Gasteiger partial charge in [-0.15, -0.1) is 0 Å². The topological polar surface area (TPSA) is 70.0 Å². The van der Waals surface area contributed by atoms with Crippen LogP contribution >= 0.6 is 0 Å². The molecule has 0 saturated heterocycles. The van der Waals surface area contributed by atoms with E-state index in [1.165, 1.54) is 199 Å². The quantitative estimate of drug-likeness (QED) is 0.0624. The van der Waals surface area contributed by atoms with Crippen LogP contribution in [-0.2, 0) is 9.53 Å². The molecule has 5 heteroatoms. The van der Waals surface area contributed by atoms with Crippen molar-refractivity contribution in [2.75, 3.05) is 32.9 Å². The van der Waals surface area contributed by atoms with Gasteiger partial charge >= 0.3 is 0 Å². The minimum absolute atomic E-state index is 0.0421. The van der Waals surface area contributed by atoms with Crippen LogP contribution in [0.1, 0.15) is 239 Å². The lowest BCUT2D eigenvalue weighted by Gasteiger charge is -2.24. The summed E-state index contributed by atoms with van der Waals surface area (Å²) in [5.74, 6) is 0.0421. The lowest BCUT2D eigenvalue weighted by molar-refractivity contribution is -0.134. The van der Waals surface area contributed by atoms with Gasteiger partial charge in [-0.3, -0.25) is 4.79 Å². The van der Waals surface area contributed by atoms with Crippen molar-refractivity contribution in [2.24, 2.45) is 0 Å². The average Bonchev–Trinajstić information content (AvgIpc) is 3.10. The molecule has 1 atom stereocenters. The fourth-order valence-corrected chi connectivity index (χ4v) is 7.05. The molecule has 0 aromatic carbocycles. The summed E-state index contributed by atoms with van der Waals surface area (Å²) in [7, 11) is 0. The van der Waals surface area contributed by atoms with Crippen molar-refractivity contribution >= 4 is 5.91 Å². The van der Waals surface area contributed by atoms with Gasteiger partial charge in [0.25, 0.3) is 0 Å². The first-order chi connectivity index (χ1) is 24.2. The SMILES string of the molecule is CCCCCCCCCCCCCCCCCCCCCCCOCC(O)CN(CCO)C(=O)CCCCCCCCCCCCCCC. The van der Waals surface area contributed by atoms with Crippen LogP contribution in [0.5, 0.6) is 0 Å². The number of rotatable bonds is 42. The van der Waals surface area contributed by atoms with Crippen LogP contribution < -0.4 is 0 Å². The third-order valence-electron chi connectivity index (χ3n) is 10.4. The Morgan fingerprint density at radius 2 is 0.796 bits per heavy atom. The molecule has 0 saturated carbocycles. The van der Waals surface area contributed by atoms with E-state index in [1.807, 2.05) is 0 Å². The molecule has 1 unspecified atom stereocenters. The molecule has 294 valence electrons. The maximum atomic E-state index is 12.7. The van der Waals surface area contributed by atoms with Gasteiger partial charge in [-0.05, 0) is 12.8 Å². The van der Waals surface area contributed by atoms with Crippen LogP contribution in [0, 0.1) is 0 Å². The molecule has 0 bridgehead atoms. The van der Waals surface area contributed by atoms with Crippen molar-refractivity contribution < 1.29 is 19.7 Å². The zero-order valence-corrected chi connectivity index (χ0v) is 33.5. The average molecular weight is 696 g/mol. The number of ether oxygens (including phenoxy) is 1. The molecule has 0 aromatic heterocycles. The number of carbonyl (C=O) groups is 1. The van der Waals surface area contributed by atoms with E-state index in [0.717, 1.165) is 19.3 Å². The zero-order valence-electron chi connectivity index (χ0n) is 33.5. The Balaban J connectivity index is 3.52. The minimum atomic E-state index is -0.697. The predicted molar refractivity (Wildman–Crippen MR) is 213 cm³/mol. The number of aliphatic hydroxyl groups excluding tert-OH is 2. The van der Waals surface area contributed by atoms with Gasteiger partial charge in [0, 0.05) is 26.1 Å². The number of hydrogen-bond acceptors (Lipinski definition) is 4. The van der Waals surface area contributed by atoms with Gasteiger partial charge in [-0.2, -0.15) is 0 Å². The lowest BCUT2D eigenvalue weighted by atomic mass is 10.0. The smallest absolute Gasteiger partial charge is 0.222 e. The number of nitrogens with zero attached hydrogens (tertiary/aromatic N) is 1. The van der Waals surface area contributed by atoms with Crippen molar-refractivity contribution in [2.45, 2.75) is 245 Å². The van der Waals surface area contributed by atoms with Gasteiger partial charge < -0.3 is 19.8 Å². The molecule has 0 aliphatic heterocycles. The predicted octanol–water partition coefficient (Wildman–Crippen LogP) is 12.9. The number of hydrogen-bond donors (Lipinski definition) is 2. The van der Waals surface area contributed by atoms with E-state index in [4.69, 9.17) is 4.74 Å². The molecule has 0 fully saturated rings. The Kier molecular flexibility index (Phi) is 41.2. The number of aliphatic hydroxyl groups is 2. The number of carbonyl (C=O) groups excluding carboxylic acids is 1. The highest BCUT2D eigenvalue weighted by Crippen LogP contribution is 2.16. The first kappa shape index (κ1) is 48.3. The first-order valence-electron chi connectivity index (χ1n) is 22.3. The number of amides is 1. The van der Waals surface area contributed by atoms with Gasteiger partial charge in [0.15, 0.2) is 0 Å². The molecule has 0 aliphatic rings. The highest BCUT2D eigenvalue weighted by Gasteiger charge is 2.17. The minimum Gasteiger partial charge on any atom is -0.395 e. The van der Waals surface area contributed by atoms with E-state index in [-0.39, 0.29) is 32.2 Å². The molecule has 0 rings (SSSR count). The van der Waals surface area contributed by atoms with Crippen LogP contribution in [0.4, 0.5) is 0 Å². The summed E-state index contributed by atoms with van der Waals surface area (Å²) < 4.78 is 5.73. The molecule has 0 aliphatic carbocycles. The summed E-state index contributed by atoms with van der Waals surface area (Å²) in [5, 5.41) is 19.9. The van der Waals surface area contributed by atoms with Crippen molar-refractivity contribution in [3.05, 3.63) is 0 Å². The molecule has 0 radical (unpaired) electrons. The molecule has 2 N–H and O–H groups in total. The van der Waals surface area contributed by atoms with Gasteiger partial charge in [-0.25, -0.2) is 0 Å². The summed E-state index contributed by atoms with van der Waals surface area (Å²) in [4.78, 5) is 14.3. The molecule has 0 heterocycles. The fourth-order valence-electron chi connectivity index (χ4n) is 7.05. The van der Waals surface area contributed by atoms with E-state index in [9.17, 15) is 15.0 Å². The van der Waals surface area contributed by atoms with Crippen molar-refractivity contribution in [1.29, 1.82) is 0 Å². The van der Waals surface area contributed by atoms with E-state index in [1.54, 1.807) is 4.90 Å². The largest absolute Gasteiger partial charge is 0.395 e. The summed E-state index contributed by atoms with van der Waals surface area (Å²) in [6.07, 6.45) is 45.6. The second kappa shape index (κ2) is 41.8. The normalized spacial score (nSPS) is 12.2. The van der Waals surface area contributed by atoms with Crippen LogP contribution in [0.2, 0.25) is 0 Å². The molecule has 0 aromatic rings. The second-order valence-electron chi connectivity index (χ2n) is 15.4. The Morgan fingerprint density at radius 3 is 1.12 bits per heavy atom. The van der Waals surface area contributed by atoms with Crippen molar-refractivity contribution in [3.63, 3.8) is 0 Å². The molecular weight excluding hydrogens is 606 g/mol. The number of unbranched alkanes of at least 4 members (excludes halogenated alkanes) is 32. The first-order valence-corrected chi connectivity index (χ1v) is 22.3. The molecule has 49 heavy (non-hydrogen) atoms. The van der Waals surface area contributed by atoms with Crippen molar-refractivity contribution in [3.8, 4) is 0 Å². The van der Waals surface area contributed by atoms with Gasteiger partial charge in [0.2, 0.25) is 5.91 Å². The van der Waals surface area contributed by atoms with E-state index in [2.05, 4.69) is 13.8 Å². The highest BCUT2D eigenvalue weighted by atomic mass is 16.5. The third-order valence-corrected chi connectivity index (χ3v) is 10.4. The Labute approximate surface area is 307 Å². The monoisotopic (exact) mass is 696 g/mol. The van der Waals surface area contributed by atoms with Crippen LogP contribution in [0.15, 0.2) is 0 Å². The molecule has 1 amide bonds. The fraction of sp³-hybridized carbons (Fsp3) is 0.977. The Hall–Kier alpha value is -0.650. The standard InChI is InChI=1S/C44H89NO4/c1-3-5-7-9-11-13-15-17-18-19-20-21-22-23-24-26-28-30-32-34-36-40-49-42-43(47)41-45(38-39-46)44(48)37-35-33-31-29-27-25-16-14-12-10-8-6-4-2/h43,46-47H,3-42H2,1-2H3. The van der Waals surface area contributed by atoms with Crippen molar-refractivity contribution in [1.82, 2.24) is 4.90 Å². The Bertz CT molecular complexity index is 630. The Morgan fingerprint density at radius 1 is 0.490 bits per heavy atom. The summed E-state index contributed by atoms with van der Waals surface area (Å²) >= 11 is 0. The second-order valence-corrected chi connectivity index (χ2v) is 15.4. The summed E-state index contributed by atoms with van der Waals surface area (Å²) in [6, 6.07) is 0. The maximum Gasteiger partial charge on any atom is 0.222 e. The highest BCUT2D eigenvalue weighted by molar-refractivity contribution is 5.76. The third kappa shape index (κ3) is 38.4. The van der Waals surface area contributed by atoms with Gasteiger partial charge in [0.1, 0.15) is 0 Å².